The van der Waals surface area contributed by atoms with Crippen molar-refractivity contribution in [3.05, 3.63) is 29.0 Å². The second-order valence-corrected chi connectivity index (χ2v) is 5.76. The number of hydrogen-bond donors (Lipinski definition) is 2. The molecule has 1 rings (SSSR count). The number of pyridine rings is 1. The van der Waals surface area contributed by atoms with E-state index >= 15 is 0 Å². The van der Waals surface area contributed by atoms with Crippen LogP contribution in [0, 0.1) is 0 Å². The smallest absolute Gasteiger partial charge is 0.356 e. The highest BCUT2D eigenvalue weighted by Crippen LogP contribution is 2.15. The van der Waals surface area contributed by atoms with Gasteiger partial charge in [-0.15, -0.1) is 0 Å². The molecule has 0 unspecified atom stereocenters. The van der Waals surface area contributed by atoms with E-state index in [0.717, 1.165) is 12.0 Å². The van der Waals surface area contributed by atoms with Crippen molar-refractivity contribution in [1.29, 1.82) is 0 Å². The number of aliphatic imine (C=N–C) groups is 1. The number of nitrogens with zero attached hydrogens (tertiary/aromatic N) is 3. The van der Waals surface area contributed by atoms with E-state index < -0.39 is 12.7 Å². The molecule has 1 aromatic heterocycles. The first-order valence-corrected chi connectivity index (χ1v) is 7.98. The molecular weight excluding hydrogens is 343 g/mol. The lowest BCUT2D eigenvalue weighted by Crippen LogP contribution is -2.40. The molecule has 0 amide bonds. The van der Waals surface area contributed by atoms with Crippen molar-refractivity contribution in [3.8, 4) is 0 Å². The molecule has 0 aliphatic carbocycles. The molecule has 0 aromatic carbocycles. The first kappa shape index (κ1) is 20.5. The van der Waals surface area contributed by atoms with Crippen molar-refractivity contribution in [1.82, 2.24) is 20.5 Å². The maximum Gasteiger partial charge on any atom is 0.401 e. The molecule has 0 aliphatic rings. The summed E-state index contributed by atoms with van der Waals surface area (Å²) in [5.41, 5.74) is 1.05. The topological polar surface area (TPSA) is 52.6 Å². The summed E-state index contributed by atoms with van der Waals surface area (Å²) in [5, 5.41) is 6.68. The summed E-state index contributed by atoms with van der Waals surface area (Å²) in [6.45, 7) is 0.677. The fourth-order valence-corrected chi connectivity index (χ4v) is 2.15. The van der Waals surface area contributed by atoms with Gasteiger partial charge in [0.25, 0.3) is 0 Å². The zero-order valence-corrected chi connectivity index (χ0v) is 14.6. The highest BCUT2D eigenvalue weighted by Gasteiger charge is 2.28. The number of nitrogens with one attached hydrogen (secondary N) is 2. The van der Waals surface area contributed by atoms with Crippen molar-refractivity contribution in [2.75, 3.05) is 40.3 Å². The van der Waals surface area contributed by atoms with E-state index in [4.69, 9.17) is 11.6 Å². The minimum Gasteiger partial charge on any atom is -0.356 e. The van der Waals surface area contributed by atoms with E-state index in [1.165, 1.54) is 11.9 Å². The van der Waals surface area contributed by atoms with Gasteiger partial charge in [0.05, 0.1) is 6.54 Å². The van der Waals surface area contributed by atoms with E-state index in [2.05, 4.69) is 20.6 Å². The average molecular weight is 366 g/mol. The van der Waals surface area contributed by atoms with Crippen LogP contribution in [0.3, 0.4) is 0 Å². The first-order valence-electron chi connectivity index (χ1n) is 7.60. The van der Waals surface area contributed by atoms with Gasteiger partial charge in [-0.05, 0) is 38.1 Å². The molecule has 0 saturated heterocycles. The van der Waals surface area contributed by atoms with Gasteiger partial charge in [0.2, 0.25) is 0 Å². The Morgan fingerprint density at radius 2 is 2.00 bits per heavy atom. The van der Waals surface area contributed by atoms with E-state index in [0.29, 0.717) is 37.2 Å². The zero-order valence-electron chi connectivity index (χ0n) is 13.8. The van der Waals surface area contributed by atoms with Gasteiger partial charge in [-0.25, -0.2) is 4.98 Å². The molecule has 0 saturated carbocycles. The number of rotatable bonds is 8. The van der Waals surface area contributed by atoms with Crippen molar-refractivity contribution in [3.63, 3.8) is 0 Å². The highest BCUT2D eigenvalue weighted by molar-refractivity contribution is 6.29. The van der Waals surface area contributed by atoms with Gasteiger partial charge in [-0.1, -0.05) is 17.7 Å². The Morgan fingerprint density at radius 1 is 1.29 bits per heavy atom. The van der Waals surface area contributed by atoms with E-state index in [9.17, 15) is 13.2 Å². The first-order chi connectivity index (χ1) is 11.3. The highest BCUT2D eigenvalue weighted by atomic mass is 35.5. The lowest BCUT2D eigenvalue weighted by Gasteiger charge is -2.19. The molecule has 2 N–H and O–H groups in total. The predicted molar refractivity (Wildman–Crippen MR) is 90.5 cm³/mol. The van der Waals surface area contributed by atoms with Gasteiger partial charge in [0, 0.05) is 26.3 Å². The molecule has 9 heteroatoms. The average Bonchev–Trinajstić information content (AvgIpc) is 2.49. The molecule has 24 heavy (non-hydrogen) atoms. The lowest BCUT2D eigenvalue weighted by molar-refractivity contribution is -0.143. The second-order valence-electron chi connectivity index (χ2n) is 5.37. The van der Waals surface area contributed by atoms with Crippen LogP contribution >= 0.6 is 11.6 Å². The van der Waals surface area contributed by atoms with E-state index in [-0.39, 0.29) is 0 Å². The summed E-state index contributed by atoms with van der Waals surface area (Å²) < 4.78 is 36.6. The third kappa shape index (κ3) is 9.57. The van der Waals surface area contributed by atoms with Gasteiger partial charge in [0.15, 0.2) is 5.96 Å². The lowest BCUT2D eigenvalue weighted by atomic mass is 10.2. The van der Waals surface area contributed by atoms with E-state index in [1.807, 2.05) is 6.07 Å². The van der Waals surface area contributed by atoms with Crippen molar-refractivity contribution in [2.45, 2.75) is 19.0 Å². The van der Waals surface area contributed by atoms with Gasteiger partial charge in [0.1, 0.15) is 5.15 Å². The summed E-state index contributed by atoms with van der Waals surface area (Å²) in [5.74, 6) is 0.621. The Kier molecular flexibility index (Phi) is 8.84. The quantitative estimate of drug-likeness (QED) is 0.321. The van der Waals surface area contributed by atoms with Crippen molar-refractivity contribution < 1.29 is 13.2 Å². The Hall–Kier alpha value is -1.54. The minimum atomic E-state index is -4.16. The molecule has 0 fully saturated rings. The van der Waals surface area contributed by atoms with E-state index in [1.54, 1.807) is 19.3 Å². The van der Waals surface area contributed by atoms with Gasteiger partial charge < -0.3 is 10.6 Å². The second kappa shape index (κ2) is 10.4. The van der Waals surface area contributed by atoms with Crippen LogP contribution in [0.4, 0.5) is 13.2 Å². The van der Waals surface area contributed by atoms with Crippen LogP contribution in [0.15, 0.2) is 23.3 Å². The summed E-state index contributed by atoms with van der Waals surface area (Å²) in [6, 6.07) is 3.64. The van der Waals surface area contributed by atoms with Crippen molar-refractivity contribution in [2.24, 2.45) is 4.99 Å². The molecule has 0 aliphatic heterocycles. The monoisotopic (exact) mass is 365 g/mol. The Bertz CT molecular complexity index is 505. The Labute approximate surface area is 145 Å². The number of aromatic nitrogens is 1. The molecule has 0 atom stereocenters. The molecular formula is C15H23ClF3N5. The number of halogens is 4. The predicted octanol–water partition coefficient (Wildman–Crippen LogP) is 2.33. The van der Waals surface area contributed by atoms with Gasteiger partial charge in [-0.2, -0.15) is 13.2 Å². The Morgan fingerprint density at radius 3 is 2.58 bits per heavy atom. The summed E-state index contributed by atoms with van der Waals surface area (Å²) >= 11 is 5.73. The standard InChI is InChI=1S/C15H23ClF3N5/c1-20-14(21-7-3-9-24(2)11-15(17,18)19)22-8-6-12-4-5-13(16)23-10-12/h4-5,10H,3,6-9,11H2,1-2H3,(H2,20,21,22). The van der Waals surface area contributed by atoms with Crippen LogP contribution in [0.25, 0.3) is 0 Å². The normalized spacial score (nSPS) is 12.5. The molecule has 1 heterocycles. The van der Waals surface area contributed by atoms with Gasteiger partial charge in [-0.3, -0.25) is 9.89 Å². The molecule has 136 valence electrons. The maximum absolute atomic E-state index is 12.2. The maximum atomic E-state index is 12.2. The molecule has 0 bridgehead atoms. The van der Waals surface area contributed by atoms with Gasteiger partial charge >= 0.3 is 6.18 Å². The molecule has 1 aromatic rings. The van der Waals surface area contributed by atoms with Crippen LogP contribution in [-0.2, 0) is 6.42 Å². The summed E-state index contributed by atoms with van der Waals surface area (Å²) in [4.78, 5) is 9.34. The third-order valence-electron chi connectivity index (χ3n) is 3.18. The Balaban J connectivity index is 2.17. The fourth-order valence-electron chi connectivity index (χ4n) is 2.04. The number of hydrogen-bond acceptors (Lipinski definition) is 3. The zero-order chi connectivity index (χ0) is 18.0. The van der Waals surface area contributed by atoms with Crippen LogP contribution in [-0.4, -0.2) is 62.3 Å². The number of guanidine groups is 1. The van der Waals surface area contributed by atoms with Crippen molar-refractivity contribution >= 4 is 17.6 Å². The minimum absolute atomic E-state index is 0.361. The van der Waals surface area contributed by atoms with Crippen LogP contribution in [0.5, 0.6) is 0 Å². The summed E-state index contributed by atoms with van der Waals surface area (Å²) in [7, 11) is 3.11. The summed E-state index contributed by atoms with van der Waals surface area (Å²) in [6.07, 6.45) is -1.08. The number of alkyl halides is 3. The molecule has 5 nitrogen and oxygen atoms in total. The molecule has 0 spiro atoms. The van der Waals surface area contributed by atoms with Crippen LogP contribution in [0.1, 0.15) is 12.0 Å². The third-order valence-corrected chi connectivity index (χ3v) is 3.40. The van der Waals surface area contributed by atoms with Crippen LogP contribution in [0.2, 0.25) is 5.15 Å². The van der Waals surface area contributed by atoms with Crippen LogP contribution < -0.4 is 10.6 Å². The molecule has 0 radical (unpaired) electrons. The largest absolute Gasteiger partial charge is 0.401 e. The fraction of sp³-hybridized carbons (Fsp3) is 0.600. The SMILES string of the molecule is CN=C(NCCCN(C)CC(F)(F)F)NCCc1ccc(Cl)nc1.